The topological polar surface area (TPSA) is 58.0 Å². The summed E-state index contributed by atoms with van der Waals surface area (Å²) in [4.78, 5) is 14.7. The van der Waals surface area contributed by atoms with Gasteiger partial charge in [-0.15, -0.1) is 0 Å². The lowest BCUT2D eigenvalue weighted by Crippen LogP contribution is -2.15. The molecule has 0 saturated heterocycles. The molecule has 0 aliphatic carbocycles. The van der Waals surface area contributed by atoms with Crippen molar-refractivity contribution in [1.82, 2.24) is 9.55 Å². The van der Waals surface area contributed by atoms with Crippen molar-refractivity contribution in [3.8, 4) is 22.7 Å². The van der Waals surface area contributed by atoms with Gasteiger partial charge in [-0.3, -0.25) is 4.57 Å². The van der Waals surface area contributed by atoms with Gasteiger partial charge in [-0.05, 0) is 18.2 Å². The van der Waals surface area contributed by atoms with E-state index in [1.807, 2.05) is 30.3 Å². The molecular formula is C15H11ClN2O2. The third kappa shape index (κ3) is 2.10. The summed E-state index contributed by atoms with van der Waals surface area (Å²) in [6, 6.07) is 14.0. The molecule has 0 unspecified atom stereocenters. The van der Waals surface area contributed by atoms with Crippen molar-refractivity contribution in [2.75, 3.05) is 0 Å². The maximum atomic E-state index is 12.0. The molecule has 20 heavy (non-hydrogen) atoms. The second-order valence-corrected chi connectivity index (χ2v) is 4.75. The molecular weight excluding hydrogens is 276 g/mol. The van der Waals surface area contributed by atoms with E-state index in [1.54, 1.807) is 18.3 Å². The van der Waals surface area contributed by atoms with Crippen LogP contribution in [0, 0.1) is 0 Å². The quantitative estimate of drug-likeness (QED) is 0.760. The lowest BCUT2D eigenvalue weighted by molar-refractivity contribution is 0.472. The highest BCUT2D eigenvalue weighted by Gasteiger charge is 2.13. The minimum Gasteiger partial charge on any atom is -0.506 e. The van der Waals surface area contributed by atoms with Crippen LogP contribution >= 0.6 is 11.6 Å². The Balaban J connectivity index is 2.27. The van der Waals surface area contributed by atoms with Crippen molar-refractivity contribution in [2.24, 2.45) is 0 Å². The number of hydrogen-bond donors (Lipinski definition) is 2. The van der Waals surface area contributed by atoms with Crippen LogP contribution < -0.4 is 5.69 Å². The summed E-state index contributed by atoms with van der Waals surface area (Å²) in [5.74, 6) is -0.00622. The highest BCUT2D eigenvalue weighted by atomic mass is 35.5. The molecule has 2 aromatic carbocycles. The van der Waals surface area contributed by atoms with Crippen molar-refractivity contribution in [1.29, 1.82) is 0 Å². The standard InChI is InChI=1S/C15H11ClN2O2/c16-11-6-7-14(19)12(8-11)18-13(9-17-15(18)20)10-4-2-1-3-5-10/h1-9,19H,(H,17,20). The number of aromatic hydroxyl groups is 1. The fourth-order valence-electron chi connectivity index (χ4n) is 2.10. The molecule has 0 atom stereocenters. The number of nitrogens with zero attached hydrogens (tertiary/aromatic N) is 1. The normalized spacial score (nSPS) is 10.7. The van der Waals surface area contributed by atoms with Gasteiger partial charge >= 0.3 is 5.69 Å². The van der Waals surface area contributed by atoms with Gasteiger partial charge in [0.15, 0.2) is 0 Å². The van der Waals surface area contributed by atoms with E-state index in [1.165, 1.54) is 10.6 Å². The van der Waals surface area contributed by atoms with Gasteiger partial charge in [-0.2, -0.15) is 0 Å². The first-order valence-electron chi connectivity index (χ1n) is 6.01. The molecule has 4 nitrogen and oxygen atoms in total. The average Bonchev–Trinajstić information content (AvgIpc) is 2.84. The molecule has 2 N–H and O–H groups in total. The number of aromatic amines is 1. The van der Waals surface area contributed by atoms with Crippen LogP contribution in [0.25, 0.3) is 16.9 Å². The van der Waals surface area contributed by atoms with Gasteiger partial charge in [-0.25, -0.2) is 4.79 Å². The maximum absolute atomic E-state index is 12.0. The second kappa shape index (κ2) is 4.90. The maximum Gasteiger partial charge on any atom is 0.330 e. The monoisotopic (exact) mass is 286 g/mol. The largest absolute Gasteiger partial charge is 0.506 e. The summed E-state index contributed by atoms with van der Waals surface area (Å²) >= 11 is 5.95. The van der Waals surface area contributed by atoms with E-state index in [0.29, 0.717) is 16.4 Å². The highest BCUT2D eigenvalue weighted by molar-refractivity contribution is 6.30. The van der Waals surface area contributed by atoms with Crippen molar-refractivity contribution in [2.45, 2.75) is 0 Å². The number of rotatable bonds is 2. The van der Waals surface area contributed by atoms with Crippen molar-refractivity contribution < 1.29 is 5.11 Å². The van der Waals surface area contributed by atoms with Gasteiger partial charge < -0.3 is 10.1 Å². The number of benzene rings is 2. The summed E-state index contributed by atoms with van der Waals surface area (Å²) in [5, 5.41) is 10.4. The molecule has 0 radical (unpaired) electrons. The summed E-state index contributed by atoms with van der Waals surface area (Å²) < 4.78 is 1.40. The van der Waals surface area contributed by atoms with Gasteiger partial charge in [0.25, 0.3) is 0 Å². The molecule has 3 rings (SSSR count). The Morgan fingerprint density at radius 2 is 1.85 bits per heavy atom. The van der Waals surface area contributed by atoms with E-state index in [4.69, 9.17) is 11.6 Å². The molecule has 5 heteroatoms. The van der Waals surface area contributed by atoms with Crippen LogP contribution in [-0.2, 0) is 0 Å². The van der Waals surface area contributed by atoms with E-state index >= 15 is 0 Å². The predicted molar refractivity (Wildman–Crippen MR) is 78.5 cm³/mol. The van der Waals surface area contributed by atoms with Crippen LogP contribution in [0.2, 0.25) is 5.02 Å². The van der Waals surface area contributed by atoms with Gasteiger partial charge in [0, 0.05) is 16.8 Å². The van der Waals surface area contributed by atoms with Gasteiger partial charge in [0.1, 0.15) is 5.75 Å². The molecule has 1 aromatic heterocycles. The number of halogens is 1. The highest BCUT2D eigenvalue weighted by Crippen LogP contribution is 2.28. The van der Waals surface area contributed by atoms with Gasteiger partial charge in [0.05, 0.1) is 11.4 Å². The zero-order valence-corrected chi connectivity index (χ0v) is 11.1. The van der Waals surface area contributed by atoms with E-state index < -0.39 is 0 Å². The zero-order chi connectivity index (χ0) is 14.1. The Morgan fingerprint density at radius 3 is 2.60 bits per heavy atom. The number of H-pyrrole nitrogens is 1. The number of aromatic nitrogens is 2. The summed E-state index contributed by atoms with van der Waals surface area (Å²) in [6.45, 7) is 0. The van der Waals surface area contributed by atoms with E-state index in [2.05, 4.69) is 4.98 Å². The minimum atomic E-state index is -0.332. The lowest BCUT2D eigenvalue weighted by atomic mass is 10.1. The van der Waals surface area contributed by atoms with Crippen LogP contribution in [0.4, 0.5) is 0 Å². The third-order valence-corrected chi connectivity index (χ3v) is 3.26. The Hall–Kier alpha value is -2.46. The van der Waals surface area contributed by atoms with E-state index in [0.717, 1.165) is 5.56 Å². The van der Waals surface area contributed by atoms with Gasteiger partial charge in [-0.1, -0.05) is 41.9 Å². The number of imidazole rings is 1. The smallest absolute Gasteiger partial charge is 0.330 e. The molecule has 0 aliphatic heterocycles. The number of phenolic OH excluding ortho intramolecular Hbond substituents is 1. The van der Waals surface area contributed by atoms with Crippen molar-refractivity contribution in [3.63, 3.8) is 0 Å². The Bertz CT molecular complexity index is 806. The van der Waals surface area contributed by atoms with Crippen LogP contribution in [0.5, 0.6) is 5.75 Å². The third-order valence-electron chi connectivity index (χ3n) is 3.02. The molecule has 0 saturated carbocycles. The van der Waals surface area contributed by atoms with Crippen LogP contribution in [0.1, 0.15) is 0 Å². The summed E-state index contributed by atoms with van der Waals surface area (Å²) in [5.41, 5.74) is 1.54. The summed E-state index contributed by atoms with van der Waals surface area (Å²) in [6.07, 6.45) is 1.61. The van der Waals surface area contributed by atoms with Crippen LogP contribution in [0.15, 0.2) is 59.5 Å². The fourth-order valence-corrected chi connectivity index (χ4v) is 2.27. The first kappa shape index (κ1) is 12.6. The fraction of sp³-hybridized carbons (Fsp3) is 0. The first-order valence-corrected chi connectivity index (χ1v) is 6.39. The molecule has 1 heterocycles. The SMILES string of the molecule is O=c1[nH]cc(-c2ccccc2)n1-c1cc(Cl)ccc1O. The first-order chi connectivity index (χ1) is 9.66. The molecule has 3 aromatic rings. The Morgan fingerprint density at radius 1 is 1.10 bits per heavy atom. The van der Waals surface area contributed by atoms with Crippen LogP contribution in [0.3, 0.4) is 0 Å². The number of hydrogen-bond acceptors (Lipinski definition) is 2. The Labute approximate surface area is 119 Å². The molecule has 0 aliphatic rings. The lowest BCUT2D eigenvalue weighted by Gasteiger charge is -2.09. The molecule has 100 valence electrons. The van der Waals surface area contributed by atoms with E-state index in [9.17, 15) is 9.90 Å². The zero-order valence-electron chi connectivity index (χ0n) is 10.4. The Kier molecular flexibility index (Phi) is 3.08. The van der Waals surface area contributed by atoms with Crippen LogP contribution in [-0.4, -0.2) is 14.7 Å². The molecule has 0 spiro atoms. The summed E-state index contributed by atoms with van der Waals surface area (Å²) in [7, 11) is 0. The molecule has 0 fully saturated rings. The molecule has 0 amide bonds. The average molecular weight is 287 g/mol. The molecule has 0 bridgehead atoms. The number of phenols is 1. The van der Waals surface area contributed by atoms with Gasteiger partial charge in [0.2, 0.25) is 0 Å². The second-order valence-electron chi connectivity index (χ2n) is 4.31. The van der Waals surface area contributed by atoms with E-state index in [-0.39, 0.29) is 11.4 Å². The number of nitrogens with one attached hydrogen (secondary N) is 1. The minimum absolute atomic E-state index is 0.00622. The van der Waals surface area contributed by atoms with Crippen molar-refractivity contribution in [3.05, 3.63) is 70.2 Å². The predicted octanol–water partition coefficient (Wildman–Crippen LogP) is 3.19. The van der Waals surface area contributed by atoms with Crippen molar-refractivity contribution >= 4 is 11.6 Å².